The lowest BCUT2D eigenvalue weighted by molar-refractivity contribution is 0.0921. The molecule has 0 bridgehead atoms. The fourth-order valence-corrected chi connectivity index (χ4v) is 1.91. The van der Waals surface area contributed by atoms with Crippen LogP contribution in [0.3, 0.4) is 0 Å². The maximum Gasteiger partial charge on any atom is 0.200 e. The van der Waals surface area contributed by atoms with Crippen LogP contribution in [0.4, 0.5) is 4.39 Å². The summed E-state index contributed by atoms with van der Waals surface area (Å²) in [5, 5.41) is 0. The van der Waals surface area contributed by atoms with Crippen LogP contribution in [-0.4, -0.2) is 12.4 Å². The lowest BCUT2D eigenvalue weighted by atomic mass is 10.1. The summed E-state index contributed by atoms with van der Waals surface area (Å²) in [7, 11) is 0. The van der Waals surface area contributed by atoms with Crippen molar-refractivity contribution in [3.63, 3.8) is 0 Å². The van der Waals surface area contributed by atoms with E-state index in [1.165, 1.54) is 29.8 Å². The Balaban J connectivity index is 1.91. The van der Waals surface area contributed by atoms with Crippen LogP contribution in [0, 0.1) is 5.82 Å². The van der Waals surface area contributed by atoms with Gasteiger partial charge in [-0.3, -0.25) is 4.79 Å². The molecule has 0 aliphatic rings. The first-order chi connectivity index (χ1) is 9.69. The van der Waals surface area contributed by atoms with E-state index in [4.69, 9.17) is 4.74 Å². The number of halogens is 1. The monoisotopic (exact) mass is 272 g/mol. The first-order valence-electron chi connectivity index (χ1n) is 6.69. The quantitative estimate of drug-likeness (QED) is 0.742. The summed E-state index contributed by atoms with van der Waals surface area (Å²) in [6.07, 6.45) is 2.14. The summed E-state index contributed by atoms with van der Waals surface area (Å²) in [5.41, 5.74) is 1.71. The number of Topliss-reactive ketones (excluding diaryl/α,β-unsaturated/α-hetero) is 1. The standard InChI is InChI=1S/C17H17FO2/c1-2-3-13-4-10-16(11-5-13)20-12-17(19)14-6-8-15(18)9-7-14/h4-11H,2-3,12H2,1H3. The van der Waals surface area contributed by atoms with Crippen molar-refractivity contribution in [3.8, 4) is 5.75 Å². The molecule has 0 unspecified atom stereocenters. The molecule has 2 rings (SSSR count). The zero-order valence-corrected chi connectivity index (χ0v) is 11.4. The van der Waals surface area contributed by atoms with E-state index in [1.54, 1.807) is 0 Å². The summed E-state index contributed by atoms with van der Waals surface area (Å²) >= 11 is 0. The molecular weight excluding hydrogens is 255 g/mol. The SMILES string of the molecule is CCCc1ccc(OCC(=O)c2ccc(F)cc2)cc1. The van der Waals surface area contributed by atoms with Gasteiger partial charge in [0.2, 0.25) is 0 Å². The molecule has 0 atom stereocenters. The van der Waals surface area contributed by atoms with Gasteiger partial charge in [0.1, 0.15) is 11.6 Å². The van der Waals surface area contributed by atoms with Gasteiger partial charge < -0.3 is 4.74 Å². The molecule has 2 nitrogen and oxygen atoms in total. The van der Waals surface area contributed by atoms with Gasteiger partial charge >= 0.3 is 0 Å². The molecule has 2 aromatic rings. The minimum atomic E-state index is -0.353. The highest BCUT2D eigenvalue weighted by Gasteiger charge is 2.07. The third-order valence-electron chi connectivity index (χ3n) is 3.00. The van der Waals surface area contributed by atoms with Gasteiger partial charge in [-0.2, -0.15) is 0 Å². The number of hydrogen-bond acceptors (Lipinski definition) is 2. The van der Waals surface area contributed by atoms with E-state index >= 15 is 0 Å². The van der Waals surface area contributed by atoms with Crippen molar-refractivity contribution in [3.05, 3.63) is 65.5 Å². The van der Waals surface area contributed by atoms with Gasteiger partial charge in [0, 0.05) is 5.56 Å². The molecular formula is C17H17FO2. The van der Waals surface area contributed by atoms with Gasteiger partial charge in [0.05, 0.1) is 0 Å². The highest BCUT2D eigenvalue weighted by molar-refractivity contribution is 5.97. The highest BCUT2D eigenvalue weighted by atomic mass is 19.1. The second kappa shape index (κ2) is 6.85. The summed E-state index contributed by atoms with van der Waals surface area (Å²) in [4.78, 5) is 11.9. The molecule has 0 fully saturated rings. The van der Waals surface area contributed by atoms with E-state index < -0.39 is 0 Å². The number of carbonyl (C=O) groups excluding carboxylic acids is 1. The molecule has 20 heavy (non-hydrogen) atoms. The molecule has 0 saturated carbocycles. The fraction of sp³-hybridized carbons (Fsp3) is 0.235. The Hall–Kier alpha value is -2.16. The number of aryl methyl sites for hydroxylation is 1. The van der Waals surface area contributed by atoms with Crippen molar-refractivity contribution in [2.24, 2.45) is 0 Å². The van der Waals surface area contributed by atoms with Crippen molar-refractivity contribution >= 4 is 5.78 Å². The maximum atomic E-state index is 12.8. The molecule has 0 spiro atoms. The number of carbonyl (C=O) groups is 1. The lowest BCUT2D eigenvalue weighted by Gasteiger charge is -2.06. The Labute approximate surface area is 118 Å². The molecule has 0 saturated heterocycles. The number of ether oxygens (including phenoxy) is 1. The highest BCUT2D eigenvalue weighted by Crippen LogP contribution is 2.14. The Morgan fingerprint density at radius 2 is 1.70 bits per heavy atom. The van der Waals surface area contributed by atoms with Crippen molar-refractivity contribution in [1.82, 2.24) is 0 Å². The summed E-state index contributed by atoms with van der Waals surface area (Å²) in [6.45, 7) is 2.09. The topological polar surface area (TPSA) is 26.3 Å². The average Bonchev–Trinajstić information content (AvgIpc) is 2.47. The van der Waals surface area contributed by atoms with Crippen molar-refractivity contribution in [1.29, 1.82) is 0 Å². The van der Waals surface area contributed by atoms with Crippen molar-refractivity contribution in [2.75, 3.05) is 6.61 Å². The Kier molecular flexibility index (Phi) is 4.88. The molecule has 2 aromatic carbocycles. The molecule has 0 radical (unpaired) electrons. The first kappa shape index (κ1) is 14.3. The molecule has 0 heterocycles. The Morgan fingerprint density at radius 3 is 2.30 bits per heavy atom. The van der Waals surface area contributed by atoms with Gasteiger partial charge in [-0.15, -0.1) is 0 Å². The zero-order chi connectivity index (χ0) is 14.4. The smallest absolute Gasteiger partial charge is 0.200 e. The van der Waals surface area contributed by atoms with Gasteiger partial charge in [0.15, 0.2) is 12.4 Å². The van der Waals surface area contributed by atoms with Crippen LogP contribution in [0.5, 0.6) is 5.75 Å². The Bertz CT molecular complexity index is 559. The minimum absolute atomic E-state index is 0.0429. The number of ketones is 1. The summed E-state index contributed by atoms with van der Waals surface area (Å²) < 4.78 is 18.2. The van der Waals surface area contributed by atoms with Crippen LogP contribution < -0.4 is 4.74 Å². The first-order valence-corrected chi connectivity index (χ1v) is 6.69. The van der Waals surface area contributed by atoms with Crippen LogP contribution in [0.25, 0.3) is 0 Å². The fourth-order valence-electron chi connectivity index (χ4n) is 1.91. The second-order valence-corrected chi connectivity index (χ2v) is 4.61. The molecule has 0 aliphatic heterocycles. The van der Waals surface area contributed by atoms with Gasteiger partial charge in [-0.05, 0) is 48.4 Å². The van der Waals surface area contributed by atoms with Crippen LogP contribution in [0.1, 0.15) is 29.3 Å². The molecule has 0 amide bonds. The summed E-state index contributed by atoms with van der Waals surface area (Å²) in [6, 6.07) is 13.2. The lowest BCUT2D eigenvalue weighted by Crippen LogP contribution is -2.11. The largest absolute Gasteiger partial charge is 0.485 e. The average molecular weight is 272 g/mol. The molecule has 0 aliphatic carbocycles. The van der Waals surface area contributed by atoms with Gasteiger partial charge in [0.25, 0.3) is 0 Å². The number of rotatable bonds is 6. The third-order valence-corrected chi connectivity index (χ3v) is 3.00. The van der Waals surface area contributed by atoms with Gasteiger partial charge in [-0.25, -0.2) is 4.39 Å². The zero-order valence-electron chi connectivity index (χ0n) is 11.4. The van der Waals surface area contributed by atoms with E-state index in [0.29, 0.717) is 11.3 Å². The normalized spacial score (nSPS) is 10.3. The number of hydrogen-bond donors (Lipinski definition) is 0. The molecule has 3 heteroatoms. The van der Waals surface area contributed by atoms with E-state index in [0.717, 1.165) is 12.8 Å². The van der Waals surface area contributed by atoms with Crippen molar-refractivity contribution in [2.45, 2.75) is 19.8 Å². The van der Waals surface area contributed by atoms with E-state index in [2.05, 4.69) is 6.92 Å². The molecule has 0 aromatic heterocycles. The van der Waals surface area contributed by atoms with E-state index in [1.807, 2.05) is 24.3 Å². The minimum Gasteiger partial charge on any atom is -0.485 e. The van der Waals surface area contributed by atoms with Gasteiger partial charge in [-0.1, -0.05) is 25.5 Å². The van der Waals surface area contributed by atoms with E-state index in [-0.39, 0.29) is 18.2 Å². The predicted octanol–water partition coefficient (Wildman–Crippen LogP) is 4.04. The Morgan fingerprint density at radius 1 is 1.05 bits per heavy atom. The molecule has 0 N–H and O–H groups in total. The van der Waals surface area contributed by atoms with E-state index in [9.17, 15) is 9.18 Å². The molecule has 104 valence electrons. The summed E-state index contributed by atoms with van der Waals surface area (Å²) in [5.74, 6) is 0.150. The van der Waals surface area contributed by atoms with Crippen LogP contribution in [-0.2, 0) is 6.42 Å². The second-order valence-electron chi connectivity index (χ2n) is 4.61. The predicted molar refractivity (Wildman–Crippen MR) is 76.7 cm³/mol. The third kappa shape index (κ3) is 3.92. The van der Waals surface area contributed by atoms with Crippen molar-refractivity contribution < 1.29 is 13.9 Å². The maximum absolute atomic E-state index is 12.8. The van der Waals surface area contributed by atoms with Crippen LogP contribution in [0.2, 0.25) is 0 Å². The number of benzene rings is 2. The van der Waals surface area contributed by atoms with Crippen LogP contribution in [0.15, 0.2) is 48.5 Å². The van der Waals surface area contributed by atoms with Crippen LogP contribution >= 0.6 is 0 Å².